The van der Waals surface area contributed by atoms with Crippen molar-refractivity contribution in [2.24, 2.45) is 5.92 Å². The molecular weight excluding hydrogens is 192 g/mol. The second kappa shape index (κ2) is 6.43. The van der Waals surface area contributed by atoms with Gasteiger partial charge in [0.2, 0.25) is 0 Å². The normalized spacial score (nSPS) is 22.2. The first-order valence-electron chi connectivity index (χ1n) is 5.72. The summed E-state index contributed by atoms with van der Waals surface area (Å²) in [5.41, 5.74) is 0. The minimum Gasteiger partial charge on any atom is -0.368 e. The van der Waals surface area contributed by atoms with Gasteiger partial charge in [-0.2, -0.15) is 0 Å². The Labute approximate surface area is 92.8 Å². The van der Waals surface area contributed by atoms with Crippen LogP contribution < -0.4 is 0 Å². The van der Waals surface area contributed by atoms with Crippen LogP contribution in [0.1, 0.15) is 12.8 Å². The van der Waals surface area contributed by atoms with Crippen LogP contribution in [0.5, 0.6) is 0 Å². The number of rotatable bonds is 5. The van der Waals surface area contributed by atoms with Gasteiger partial charge in [-0.1, -0.05) is 0 Å². The van der Waals surface area contributed by atoms with E-state index < -0.39 is 6.29 Å². The summed E-state index contributed by atoms with van der Waals surface area (Å²) in [6, 6.07) is 0. The summed E-state index contributed by atoms with van der Waals surface area (Å²) in [5.74, 6) is 0.323. The molecule has 90 valence electrons. The fraction of sp³-hybridized carbons (Fsp3) is 1.00. The van der Waals surface area contributed by atoms with E-state index >= 15 is 0 Å². The van der Waals surface area contributed by atoms with Gasteiger partial charge < -0.3 is 19.6 Å². The van der Waals surface area contributed by atoms with Crippen LogP contribution in [-0.2, 0) is 4.74 Å². The largest absolute Gasteiger partial charge is 0.368 e. The molecular formula is C11H24N2O2. The number of aliphatic hydroxyl groups excluding tert-OH is 1. The van der Waals surface area contributed by atoms with Crippen molar-refractivity contribution in [3.05, 3.63) is 0 Å². The van der Waals surface area contributed by atoms with Gasteiger partial charge in [0.1, 0.15) is 0 Å². The minimum absolute atomic E-state index is 0.323. The van der Waals surface area contributed by atoms with Crippen molar-refractivity contribution in [3.8, 4) is 0 Å². The maximum atomic E-state index is 9.81. The Kier molecular flexibility index (Phi) is 5.53. The molecule has 1 unspecified atom stereocenters. The van der Waals surface area contributed by atoms with Crippen LogP contribution >= 0.6 is 0 Å². The molecule has 0 spiro atoms. The molecule has 1 rings (SSSR count). The number of likely N-dealkylation sites (tertiary alicyclic amines) is 1. The van der Waals surface area contributed by atoms with Crippen LogP contribution in [0.4, 0.5) is 0 Å². The summed E-state index contributed by atoms with van der Waals surface area (Å²) < 4.78 is 5.42. The number of ether oxygens (including phenoxy) is 1. The third-order valence-electron chi connectivity index (χ3n) is 2.99. The van der Waals surface area contributed by atoms with E-state index in [1.54, 1.807) is 0 Å². The zero-order valence-corrected chi connectivity index (χ0v) is 10.1. The van der Waals surface area contributed by atoms with Gasteiger partial charge in [0.25, 0.3) is 0 Å². The van der Waals surface area contributed by atoms with Gasteiger partial charge in [-0.25, -0.2) is 0 Å². The van der Waals surface area contributed by atoms with E-state index in [0.717, 1.165) is 32.5 Å². The minimum atomic E-state index is -0.571. The first-order chi connectivity index (χ1) is 7.09. The molecule has 1 N–H and O–H groups in total. The molecule has 0 aromatic heterocycles. The Balaban J connectivity index is 2.13. The maximum Gasteiger partial charge on any atom is 0.157 e. The van der Waals surface area contributed by atoms with Gasteiger partial charge in [0, 0.05) is 12.5 Å². The lowest BCUT2D eigenvalue weighted by atomic mass is 9.97. The van der Waals surface area contributed by atoms with Gasteiger partial charge in [0.15, 0.2) is 6.29 Å². The molecule has 0 aromatic rings. The molecule has 1 atom stereocenters. The number of aliphatic hydroxyl groups is 1. The third kappa shape index (κ3) is 4.93. The fourth-order valence-corrected chi connectivity index (χ4v) is 1.81. The molecule has 0 amide bonds. The van der Waals surface area contributed by atoms with E-state index in [-0.39, 0.29) is 0 Å². The highest BCUT2D eigenvalue weighted by Crippen LogP contribution is 2.20. The summed E-state index contributed by atoms with van der Waals surface area (Å²) in [6.07, 6.45) is 1.51. The third-order valence-corrected chi connectivity index (χ3v) is 2.99. The average molecular weight is 216 g/mol. The molecule has 0 aliphatic carbocycles. The number of hydrogen-bond donors (Lipinski definition) is 1. The molecule has 1 fully saturated rings. The van der Waals surface area contributed by atoms with Gasteiger partial charge >= 0.3 is 0 Å². The zero-order valence-electron chi connectivity index (χ0n) is 10.1. The lowest BCUT2D eigenvalue weighted by molar-refractivity contribution is -0.144. The summed E-state index contributed by atoms with van der Waals surface area (Å²) >= 11 is 0. The summed E-state index contributed by atoms with van der Waals surface area (Å²) in [6.45, 7) is 3.61. The Morgan fingerprint density at radius 1 is 1.40 bits per heavy atom. The van der Waals surface area contributed by atoms with E-state index in [0.29, 0.717) is 12.5 Å². The highest BCUT2D eigenvalue weighted by molar-refractivity contribution is 4.71. The summed E-state index contributed by atoms with van der Waals surface area (Å²) in [5, 5.41) is 9.81. The van der Waals surface area contributed by atoms with Gasteiger partial charge in [-0.3, -0.25) is 0 Å². The predicted molar refractivity (Wildman–Crippen MR) is 60.7 cm³/mol. The van der Waals surface area contributed by atoms with Crippen LogP contribution in [-0.4, -0.2) is 68.6 Å². The maximum absolute atomic E-state index is 9.81. The van der Waals surface area contributed by atoms with Crippen molar-refractivity contribution in [2.75, 3.05) is 47.4 Å². The zero-order chi connectivity index (χ0) is 11.3. The monoisotopic (exact) mass is 216 g/mol. The SMILES string of the molecule is CN(C)CCOC(O)C1CCN(C)CC1. The molecule has 1 saturated heterocycles. The van der Waals surface area contributed by atoms with E-state index in [1.165, 1.54) is 0 Å². The molecule has 0 radical (unpaired) electrons. The molecule has 4 heteroatoms. The summed E-state index contributed by atoms with van der Waals surface area (Å²) in [7, 11) is 6.13. The lowest BCUT2D eigenvalue weighted by Gasteiger charge is -2.31. The first kappa shape index (κ1) is 12.9. The molecule has 15 heavy (non-hydrogen) atoms. The molecule has 4 nitrogen and oxygen atoms in total. The highest BCUT2D eigenvalue weighted by atomic mass is 16.6. The lowest BCUT2D eigenvalue weighted by Crippen LogP contribution is -2.37. The van der Waals surface area contributed by atoms with Gasteiger partial charge in [-0.15, -0.1) is 0 Å². The van der Waals surface area contributed by atoms with E-state index in [2.05, 4.69) is 16.8 Å². The molecule has 0 aromatic carbocycles. The van der Waals surface area contributed by atoms with Crippen LogP contribution in [0.2, 0.25) is 0 Å². The van der Waals surface area contributed by atoms with Crippen molar-refractivity contribution in [1.29, 1.82) is 0 Å². The molecule has 1 aliphatic rings. The van der Waals surface area contributed by atoms with Crippen LogP contribution in [0.15, 0.2) is 0 Å². The fourth-order valence-electron chi connectivity index (χ4n) is 1.81. The first-order valence-corrected chi connectivity index (χ1v) is 5.72. The van der Waals surface area contributed by atoms with E-state index in [9.17, 15) is 5.11 Å². The summed E-state index contributed by atoms with van der Waals surface area (Å²) in [4.78, 5) is 4.35. The van der Waals surface area contributed by atoms with Crippen LogP contribution in [0.3, 0.4) is 0 Å². The Morgan fingerprint density at radius 2 is 2.00 bits per heavy atom. The number of hydrogen-bond acceptors (Lipinski definition) is 4. The highest BCUT2D eigenvalue weighted by Gasteiger charge is 2.23. The van der Waals surface area contributed by atoms with Crippen LogP contribution in [0.25, 0.3) is 0 Å². The van der Waals surface area contributed by atoms with Crippen molar-refractivity contribution in [2.45, 2.75) is 19.1 Å². The quantitative estimate of drug-likeness (QED) is 0.667. The average Bonchev–Trinajstić information content (AvgIpc) is 2.18. The van der Waals surface area contributed by atoms with Crippen molar-refractivity contribution in [3.63, 3.8) is 0 Å². The molecule has 1 aliphatic heterocycles. The predicted octanol–water partition coefficient (Wildman–Crippen LogP) is 0.225. The Morgan fingerprint density at radius 3 is 2.53 bits per heavy atom. The van der Waals surface area contributed by atoms with Gasteiger partial charge in [0.05, 0.1) is 6.61 Å². The Hall–Kier alpha value is -0.160. The second-order valence-corrected chi connectivity index (χ2v) is 4.71. The number of likely N-dealkylation sites (N-methyl/N-ethyl adjacent to an activating group) is 1. The van der Waals surface area contributed by atoms with Crippen molar-refractivity contribution >= 4 is 0 Å². The topological polar surface area (TPSA) is 35.9 Å². The van der Waals surface area contributed by atoms with Gasteiger partial charge in [-0.05, 0) is 47.1 Å². The van der Waals surface area contributed by atoms with Crippen molar-refractivity contribution < 1.29 is 9.84 Å². The second-order valence-electron chi connectivity index (χ2n) is 4.71. The Bertz CT molecular complexity index is 168. The standard InChI is InChI=1S/C11H24N2O2/c1-12(2)8-9-15-11(14)10-4-6-13(3)7-5-10/h10-11,14H,4-9H2,1-3H3. The van der Waals surface area contributed by atoms with Crippen molar-refractivity contribution in [1.82, 2.24) is 9.80 Å². The van der Waals surface area contributed by atoms with E-state index in [4.69, 9.17) is 4.74 Å². The smallest absolute Gasteiger partial charge is 0.157 e. The number of piperidine rings is 1. The molecule has 1 heterocycles. The van der Waals surface area contributed by atoms with Crippen LogP contribution in [0, 0.1) is 5.92 Å². The number of nitrogens with zero attached hydrogens (tertiary/aromatic N) is 2. The van der Waals surface area contributed by atoms with E-state index in [1.807, 2.05) is 14.1 Å². The molecule has 0 saturated carbocycles. The molecule has 0 bridgehead atoms.